The maximum absolute atomic E-state index is 12.9. The molecule has 0 bridgehead atoms. The minimum atomic E-state index is -0.124. The highest BCUT2D eigenvalue weighted by molar-refractivity contribution is 5.89. The predicted octanol–water partition coefficient (Wildman–Crippen LogP) is 3.28. The number of hydrogen-bond donors (Lipinski definition) is 1. The number of hydrogen-bond acceptors (Lipinski definition) is 3. The zero-order valence-electron chi connectivity index (χ0n) is 17.5. The average molecular weight is 406 g/mol. The number of fused-ring (bicyclic) bond motifs is 1. The molecule has 1 aromatic heterocycles. The Morgan fingerprint density at radius 3 is 2.47 bits per heavy atom. The van der Waals surface area contributed by atoms with Crippen LogP contribution >= 0.6 is 0 Å². The summed E-state index contributed by atoms with van der Waals surface area (Å²) in [5.74, 6) is 0.979. The number of amides is 3. The summed E-state index contributed by atoms with van der Waals surface area (Å²) < 4.78 is 2.01. The van der Waals surface area contributed by atoms with E-state index in [1.165, 1.54) is 0 Å². The third-order valence-corrected chi connectivity index (χ3v) is 5.53. The fourth-order valence-corrected chi connectivity index (χ4v) is 3.89. The van der Waals surface area contributed by atoms with Crippen LogP contribution in [0.25, 0.3) is 11.0 Å². The summed E-state index contributed by atoms with van der Waals surface area (Å²) >= 11 is 0. The van der Waals surface area contributed by atoms with Crippen molar-refractivity contribution in [2.75, 3.05) is 31.5 Å². The normalized spacial score (nSPS) is 14.2. The smallest absolute Gasteiger partial charge is 0.321 e. The second-order valence-electron chi connectivity index (χ2n) is 7.62. The molecule has 1 fully saturated rings. The van der Waals surface area contributed by atoms with Gasteiger partial charge in [-0.3, -0.25) is 4.79 Å². The molecule has 1 aliphatic heterocycles. The van der Waals surface area contributed by atoms with Crippen molar-refractivity contribution in [3.63, 3.8) is 0 Å². The molecular weight excluding hydrogens is 378 g/mol. The summed E-state index contributed by atoms with van der Waals surface area (Å²) in [5, 5.41) is 2.94. The number of aromatic nitrogens is 2. The average Bonchev–Trinajstić information content (AvgIpc) is 3.11. The predicted molar refractivity (Wildman–Crippen MR) is 117 cm³/mol. The molecule has 3 aromatic rings. The first-order valence-corrected chi connectivity index (χ1v) is 10.4. The Morgan fingerprint density at radius 2 is 1.73 bits per heavy atom. The molecule has 0 saturated carbocycles. The van der Waals surface area contributed by atoms with E-state index >= 15 is 0 Å². The number of para-hydroxylation sites is 2. The molecule has 0 spiro atoms. The molecule has 30 heavy (non-hydrogen) atoms. The Labute approximate surface area is 176 Å². The van der Waals surface area contributed by atoms with Gasteiger partial charge in [0.2, 0.25) is 5.91 Å². The highest BCUT2D eigenvalue weighted by Gasteiger charge is 2.25. The van der Waals surface area contributed by atoms with Crippen molar-refractivity contribution in [3.05, 3.63) is 59.9 Å². The Morgan fingerprint density at radius 1 is 1.00 bits per heavy atom. The van der Waals surface area contributed by atoms with E-state index in [1.54, 1.807) is 4.90 Å². The Kier molecular flexibility index (Phi) is 5.70. The van der Waals surface area contributed by atoms with Crippen molar-refractivity contribution in [1.82, 2.24) is 19.4 Å². The topological polar surface area (TPSA) is 70.5 Å². The lowest BCUT2D eigenvalue weighted by Gasteiger charge is -2.35. The highest BCUT2D eigenvalue weighted by Crippen LogP contribution is 2.17. The molecule has 1 saturated heterocycles. The summed E-state index contributed by atoms with van der Waals surface area (Å²) in [6, 6.07) is 15.5. The van der Waals surface area contributed by atoms with Crippen LogP contribution in [-0.4, -0.2) is 57.5 Å². The SMILES string of the molecule is CCc1nc2ccccc2n1CC(=O)N1CCN(C(=O)Nc2cccc(C)c2)CC1. The summed E-state index contributed by atoms with van der Waals surface area (Å²) in [6.45, 7) is 6.44. The van der Waals surface area contributed by atoms with Gasteiger partial charge in [-0.1, -0.05) is 31.2 Å². The van der Waals surface area contributed by atoms with Crippen molar-refractivity contribution in [1.29, 1.82) is 0 Å². The van der Waals surface area contributed by atoms with Crippen LogP contribution in [-0.2, 0) is 17.8 Å². The van der Waals surface area contributed by atoms with Gasteiger partial charge in [0.05, 0.1) is 11.0 Å². The molecule has 0 aliphatic carbocycles. The van der Waals surface area contributed by atoms with E-state index in [9.17, 15) is 9.59 Å². The van der Waals surface area contributed by atoms with E-state index in [4.69, 9.17) is 0 Å². The van der Waals surface area contributed by atoms with Gasteiger partial charge in [-0.15, -0.1) is 0 Å². The number of benzene rings is 2. The number of imidazole rings is 1. The molecule has 1 aliphatic rings. The lowest BCUT2D eigenvalue weighted by atomic mass is 10.2. The molecule has 3 amide bonds. The van der Waals surface area contributed by atoms with Gasteiger partial charge in [0, 0.05) is 38.3 Å². The van der Waals surface area contributed by atoms with Crippen LogP contribution in [0.3, 0.4) is 0 Å². The number of anilines is 1. The van der Waals surface area contributed by atoms with Crippen molar-refractivity contribution in [2.24, 2.45) is 0 Å². The summed E-state index contributed by atoms with van der Waals surface area (Å²) in [4.78, 5) is 33.7. The first-order chi connectivity index (χ1) is 14.5. The van der Waals surface area contributed by atoms with Gasteiger partial charge >= 0.3 is 6.03 Å². The molecule has 7 heteroatoms. The van der Waals surface area contributed by atoms with Crippen LogP contribution in [0.2, 0.25) is 0 Å². The summed E-state index contributed by atoms with van der Waals surface area (Å²) in [6.07, 6.45) is 0.773. The fourth-order valence-electron chi connectivity index (χ4n) is 3.89. The van der Waals surface area contributed by atoms with Gasteiger partial charge in [0.15, 0.2) is 0 Å². The quantitative estimate of drug-likeness (QED) is 0.724. The van der Waals surface area contributed by atoms with Crippen molar-refractivity contribution in [2.45, 2.75) is 26.8 Å². The Hall–Kier alpha value is -3.35. The maximum atomic E-state index is 12.9. The first kappa shape index (κ1) is 19.9. The van der Waals surface area contributed by atoms with Crippen LogP contribution in [0.5, 0.6) is 0 Å². The van der Waals surface area contributed by atoms with Crippen LogP contribution in [0.15, 0.2) is 48.5 Å². The highest BCUT2D eigenvalue weighted by atomic mass is 16.2. The minimum absolute atomic E-state index is 0.0617. The molecule has 0 unspecified atom stereocenters. The van der Waals surface area contributed by atoms with Gasteiger partial charge in [-0.05, 0) is 36.8 Å². The van der Waals surface area contributed by atoms with E-state index in [0.717, 1.165) is 34.5 Å². The molecule has 1 N–H and O–H groups in total. The summed E-state index contributed by atoms with van der Waals surface area (Å²) in [7, 11) is 0. The van der Waals surface area contributed by atoms with E-state index in [2.05, 4.69) is 10.3 Å². The zero-order chi connectivity index (χ0) is 21.1. The van der Waals surface area contributed by atoms with Gasteiger partial charge in [0.25, 0.3) is 0 Å². The largest absolute Gasteiger partial charge is 0.338 e. The van der Waals surface area contributed by atoms with E-state index < -0.39 is 0 Å². The Balaban J connectivity index is 1.36. The monoisotopic (exact) mass is 405 g/mol. The second kappa shape index (κ2) is 8.57. The molecule has 0 radical (unpaired) electrons. The van der Waals surface area contributed by atoms with Crippen molar-refractivity contribution in [3.8, 4) is 0 Å². The fraction of sp³-hybridized carbons (Fsp3) is 0.348. The molecule has 2 aromatic carbocycles. The van der Waals surface area contributed by atoms with Crippen molar-refractivity contribution < 1.29 is 9.59 Å². The Bertz CT molecular complexity index is 1070. The van der Waals surface area contributed by atoms with Crippen LogP contribution in [0, 0.1) is 6.92 Å². The van der Waals surface area contributed by atoms with Gasteiger partial charge in [-0.2, -0.15) is 0 Å². The van der Waals surface area contributed by atoms with Crippen LogP contribution < -0.4 is 5.32 Å². The van der Waals surface area contributed by atoms with E-state index in [0.29, 0.717) is 26.2 Å². The number of piperazine rings is 1. The number of aryl methyl sites for hydroxylation is 2. The summed E-state index contributed by atoms with van der Waals surface area (Å²) in [5.41, 5.74) is 3.79. The molecular formula is C23H27N5O2. The number of carbonyl (C=O) groups excluding carboxylic acids is 2. The van der Waals surface area contributed by atoms with Crippen LogP contribution in [0.4, 0.5) is 10.5 Å². The molecule has 7 nitrogen and oxygen atoms in total. The third kappa shape index (κ3) is 4.15. The van der Waals surface area contributed by atoms with Gasteiger partial charge < -0.3 is 19.7 Å². The van der Waals surface area contributed by atoms with Crippen molar-refractivity contribution >= 4 is 28.7 Å². The number of nitrogens with zero attached hydrogens (tertiary/aromatic N) is 4. The number of nitrogens with one attached hydrogen (secondary N) is 1. The maximum Gasteiger partial charge on any atom is 0.321 e. The molecule has 0 atom stereocenters. The lowest BCUT2D eigenvalue weighted by molar-refractivity contribution is -0.133. The van der Waals surface area contributed by atoms with Gasteiger partial charge in [-0.25, -0.2) is 9.78 Å². The first-order valence-electron chi connectivity index (χ1n) is 10.4. The van der Waals surface area contributed by atoms with E-state index in [1.807, 2.05) is 71.8 Å². The standard InChI is InChI=1S/C23H27N5O2/c1-3-21-25-19-9-4-5-10-20(19)28(21)16-22(29)26-11-13-27(14-12-26)23(30)24-18-8-6-7-17(2)15-18/h4-10,15H,3,11-14,16H2,1-2H3,(H,24,30). The minimum Gasteiger partial charge on any atom is -0.338 e. The molecule has 2 heterocycles. The zero-order valence-corrected chi connectivity index (χ0v) is 17.5. The number of rotatable bonds is 4. The number of urea groups is 1. The van der Waals surface area contributed by atoms with Gasteiger partial charge in [0.1, 0.15) is 12.4 Å². The number of carbonyl (C=O) groups is 2. The second-order valence-corrected chi connectivity index (χ2v) is 7.62. The van der Waals surface area contributed by atoms with E-state index in [-0.39, 0.29) is 18.5 Å². The molecule has 156 valence electrons. The molecule has 4 rings (SSSR count). The van der Waals surface area contributed by atoms with Crippen LogP contribution in [0.1, 0.15) is 18.3 Å². The lowest BCUT2D eigenvalue weighted by Crippen LogP contribution is -2.52. The third-order valence-electron chi connectivity index (χ3n) is 5.53.